The number of nitrogens with two attached hydrogens (primary N) is 1. The summed E-state index contributed by atoms with van der Waals surface area (Å²) < 4.78 is 13.3. The molecule has 0 radical (unpaired) electrons. The van der Waals surface area contributed by atoms with Gasteiger partial charge in [-0.15, -0.1) is 0 Å². The third-order valence-corrected chi connectivity index (χ3v) is 3.25. The Balaban J connectivity index is 2.30. The molecule has 21 heavy (non-hydrogen) atoms. The van der Waals surface area contributed by atoms with Crippen molar-refractivity contribution in [3.8, 4) is 17.9 Å². The van der Waals surface area contributed by atoms with Crippen LogP contribution in [0.4, 0.5) is 4.39 Å². The molecule has 2 N–H and O–H groups in total. The van der Waals surface area contributed by atoms with Gasteiger partial charge in [-0.25, -0.2) is 4.39 Å². The maximum atomic E-state index is 13.3. The number of benzene rings is 1. The lowest BCUT2D eigenvalue weighted by molar-refractivity contribution is 0.0746. The second-order valence-corrected chi connectivity index (χ2v) is 4.83. The van der Waals surface area contributed by atoms with Crippen LogP contribution in [0, 0.1) is 29.0 Å². The summed E-state index contributed by atoms with van der Waals surface area (Å²) in [6.07, 6.45) is 2.18. The van der Waals surface area contributed by atoms with Crippen molar-refractivity contribution in [1.29, 1.82) is 5.26 Å². The summed E-state index contributed by atoms with van der Waals surface area (Å²) in [5, 5.41) is 8.70. The molecular weight excluding hydrogens is 269 g/mol. The minimum Gasteiger partial charge on any atom is -0.335 e. The zero-order chi connectivity index (χ0) is 15.2. The molecule has 0 bridgehead atoms. The first-order valence-corrected chi connectivity index (χ1v) is 6.83. The number of carbonyl (C=O) groups is 1. The molecular formula is C16H16FN3O. The molecule has 1 amide bonds. The van der Waals surface area contributed by atoms with E-state index < -0.39 is 5.82 Å². The average molecular weight is 285 g/mol. The number of hydrogen-bond donors (Lipinski definition) is 1. The van der Waals surface area contributed by atoms with Crippen molar-refractivity contribution in [3.63, 3.8) is 0 Å². The number of nitriles is 1. The van der Waals surface area contributed by atoms with Crippen LogP contribution in [0.3, 0.4) is 0 Å². The first-order valence-electron chi connectivity index (χ1n) is 6.83. The Hall–Kier alpha value is -2.37. The van der Waals surface area contributed by atoms with Crippen molar-refractivity contribution in [2.45, 2.75) is 25.3 Å². The van der Waals surface area contributed by atoms with Crippen LogP contribution < -0.4 is 5.73 Å². The predicted molar refractivity (Wildman–Crippen MR) is 76.6 cm³/mol. The fourth-order valence-electron chi connectivity index (χ4n) is 2.11. The van der Waals surface area contributed by atoms with Gasteiger partial charge < -0.3 is 10.6 Å². The van der Waals surface area contributed by atoms with E-state index in [1.54, 1.807) is 4.90 Å². The van der Waals surface area contributed by atoms with Gasteiger partial charge >= 0.3 is 0 Å². The maximum absolute atomic E-state index is 13.3. The molecule has 0 spiro atoms. The Bertz CT molecular complexity index is 635. The Morgan fingerprint density at radius 1 is 1.48 bits per heavy atom. The molecule has 1 saturated carbocycles. The van der Waals surface area contributed by atoms with Gasteiger partial charge in [0.05, 0.1) is 24.6 Å². The molecule has 0 heterocycles. The van der Waals surface area contributed by atoms with Crippen LogP contribution in [0.5, 0.6) is 0 Å². The van der Waals surface area contributed by atoms with Crippen LogP contribution in [0.2, 0.25) is 0 Å². The summed E-state index contributed by atoms with van der Waals surface area (Å²) >= 11 is 0. The van der Waals surface area contributed by atoms with Crippen LogP contribution in [0.1, 0.15) is 35.2 Å². The molecule has 0 aromatic heterocycles. The highest BCUT2D eigenvalue weighted by molar-refractivity contribution is 5.97. The lowest BCUT2D eigenvalue weighted by Gasteiger charge is -2.21. The van der Waals surface area contributed by atoms with Gasteiger partial charge in [-0.2, -0.15) is 5.26 Å². The van der Waals surface area contributed by atoms with Gasteiger partial charge in [0.1, 0.15) is 5.82 Å². The van der Waals surface area contributed by atoms with E-state index in [1.165, 1.54) is 18.2 Å². The highest BCUT2D eigenvalue weighted by Crippen LogP contribution is 2.29. The van der Waals surface area contributed by atoms with Crippen molar-refractivity contribution in [3.05, 3.63) is 35.1 Å². The van der Waals surface area contributed by atoms with Crippen LogP contribution in [-0.4, -0.2) is 29.9 Å². The molecule has 0 aliphatic heterocycles. The zero-order valence-electron chi connectivity index (χ0n) is 11.6. The average Bonchev–Trinajstić information content (AvgIpc) is 3.30. The Labute approximate surface area is 123 Å². The topological polar surface area (TPSA) is 70.1 Å². The van der Waals surface area contributed by atoms with Crippen LogP contribution in [-0.2, 0) is 0 Å². The normalized spacial score (nSPS) is 13.0. The molecule has 2 rings (SSSR count). The standard InChI is InChI=1S/C16H16FN3O/c17-13-4-7-15(12(11-13)3-1-8-18)16(21)20(10-2-9-19)14-5-6-14/h4,7,11,14H,2,5-6,8,10,18H2. The third kappa shape index (κ3) is 3.81. The molecule has 1 aromatic rings. The van der Waals surface area contributed by atoms with Gasteiger partial charge in [0.15, 0.2) is 0 Å². The van der Waals surface area contributed by atoms with Gasteiger partial charge in [0.2, 0.25) is 0 Å². The summed E-state index contributed by atoms with van der Waals surface area (Å²) in [6, 6.07) is 6.17. The molecule has 1 aliphatic carbocycles. The van der Waals surface area contributed by atoms with Gasteiger partial charge in [-0.05, 0) is 31.0 Å². The lowest BCUT2D eigenvalue weighted by Crippen LogP contribution is -2.34. The van der Waals surface area contributed by atoms with E-state index in [0.29, 0.717) is 17.7 Å². The fourth-order valence-corrected chi connectivity index (χ4v) is 2.11. The summed E-state index contributed by atoms with van der Waals surface area (Å²) in [7, 11) is 0. The van der Waals surface area contributed by atoms with E-state index in [-0.39, 0.29) is 24.9 Å². The number of hydrogen-bond acceptors (Lipinski definition) is 3. The SMILES string of the molecule is N#CCCN(C(=O)c1ccc(F)cc1C#CCN)C1CC1. The minimum atomic E-state index is -0.442. The van der Waals surface area contributed by atoms with Crippen molar-refractivity contribution < 1.29 is 9.18 Å². The van der Waals surface area contributed by atoms with Crippen molar-refractivity contribution in [2.24, 2.45) is 5.73 Å². The Morgan fingerprint density at radius 3 is 2.86 bits per heavy atom. The van der Waals surface area contributed by atoms with Gasteiger partial charge in [-0.3, -0.25) is 4.79 Å². The lowest BCUT2D eigenvalue weighted by atomic mass is 10.1. The monoisotopic (exact) mass is 285 g/mol. The van der Waals surface area contributed by atoms with E-state index >= 15 is 0 Å². The van der Waals surface area contributed by atoms with Gasteiger partial charge in [-0.1, -0.05) is 11.8 Å². The van der Waals surface area contributed by atoms with Crippen molar-refractivity contribution in [2.75, 3.05) is 13.1 Å². The predicted octanol–water partition coefficient (Wildman–Crippen LogP) is 1.65. The van der Waals surface area contributed by atoms with E-state index in [4.69, 9.17) is 11.0 Å². The van der Waals surface area contributed by atoms with E-state index in [9.17, 15) is 9.18 Å². The molecule has 1 aliphatic rings. The Morgan fingerprint density at radius 2 is 2.24 bits per heavy atom. The number of carbonyl (C=O) groups excluding carboxylic acids is 1. The fraction of sp³-hybridized carbons (Fsp3) is 0.375. The molecule has 5 heteroatoms. The van der Waals surface area contributed by atoms with Crippen LogP contribution in [0.15, 0.2) is 18.2 Å². The second kappa shape index (κ2) is 6.88. The molecule has 1 fully saturated rings. The van der Waals surface area contributed by atoms with Crippen molar-refractivity contribution in [1.82, 2.24) is 4.90 Å². The number of halogens is 1. The Kier molecular flexibility index (Phi) is 4.92. The highest BCUT2D eigenvalue weighted by Gasteiger charge is 2.33. The smallest absolute Gasteiger partial charge is 0.255 e. The summed E-state index contributed by atoms with van der Waals surface area (Å²) in [5.41, 5.74) is 6.03. The largest absolute Gasteiger partial charge is 0.335 e. The summed E-state index contributed by atoms with van der Waals surface area (Å²) in [6.45, 7) is 0.534. The van der Waals surface area contributed by atoms with Gasteiger partial charge in [0.25, 0.3) is 5.91 Å². The van der Waals surface area contributed by atoms with E-state index in [1.807, 2.05) is 6.07 Å². The zero-order valence-corrected chi connectivity index (χ0v) is 11.6. The first kappa shape index (κ1) is 15.0. The molecule has 108 valence electrons. The highest BCUT2D eigenvalue weighted by atomic mass is 19.1. The van der Waals surface area contributed by atoms with Crippen LogP contribution in [0.25, 0.3) is 0 Å². The molecule has 0 saturated heterocycles. The molecule has 0 unspecified atom stereocenters. The summed E-state index contributed by atoms with van der Waals surface area (Å²) in [5.74, 6) is 4.74. The van der Waals surface area contributed by atoms with E-state index in [0.717, 1.165) is 12.8 Å². The van der Waals surface area contributed by atoms with Crippen molar-refractivity contribution >= 4 is 5.91 Å². The molecule has 4 nitrogen and oxygen atoms in total. The van der Waals surface area contributed by atoms with Crippen LogP contribution >= 0.6 is 0 Å². The maximum Gasteiger partial charge on any atom is 0.255 e. The van der Waals surface area contributed by atoms with Gasteiger partial charge in [0, 0.05) is 18.2 Å². The molecule has 1 aromatic carbocycles. The minimum absolute atomic E-state index is 0.144. The first-order chi connectivity index (χ1) is 10.2. The molecule has 0 atom stereocenters. The number of rotatable bonds is 4. The summed E-state index contributed by atoms with van der Waals surface area (Å²) in [4.78, 5) is 14.3. The third-order valence-electron chi connectivity index (χ3n) is 3.25. The van der Waals surface area contributed by atoms with E-state index in [2.05, 4.69) is 11.8 Å². The quantitative estimate of drug-likeness (QED) is 0.855. The number of nitrogens with zero attached hydrogens (tertiary/aromatic N) is 2. The second-order valence-electron chi connectivity index (χ2n) is 4.83. The number of amides is 1.